The Hall–Kier alpha value is -2.54. The van der Waals surface area contributed by atoms with Crippen molar-refractivity contribution in [1.29, 1.82) is 0 Å². The van der Waals surface area contributed by atoms with Gasteiger partial charge < -0.3 is 4.90 Å². The summed E-state index contributed by atoms with van der Waals surface area (Å²) in [5.74, 6) is 0. The second kappa shape index (κ2) is 6.24. The highest BCUT2D eigenvalue weighted by atomic mass is 15.2. The normalized spacial score (nSPS) is 14.5. The maximum atomic E-state index is 2.51. The fraction of sp³-hybridized carbons (Fsp3) is 0.333. The molecule has 1 aliphatic rings. The minimum atomic E-state index is -0.0271. The number of hydrogen-bond donors (Lipinski definition) is 0. The van der Waals surface area contributed by atoms with Crippen LogP contribution in [-0.4, -0.2) is 5.54 Å². The smallest absolute Gasteiger partial charge is 0.0449 e. The van der Waals surface area contributed by atoms with Gasteiger partial charge in [0.25, 0.3) is 0 Å². The molecule has 1 heteroatoms. The zero-order valence-electron chi connectivity index (χ0n) is 18.2. The van der Waals surface area contributed by atoms with Crippen LogP contribution in [0, 0.1) is 13.8 Å². The molecule has 0 bridgehead atoms. The van der Waals surface area contributed by atoms with E-state index in [1.165, 1.54) is 44.8 Å². The molecule has 0 radical (unpaired) electrons. The van der Waals surface area contributed by atoms with E-state index in [0.717, 1.165) is 0 Å². The van der Waals surface area contributed by atoms with Gasteiger partial charge in [0.05, 0.1) is 0 Å². The van der Waals surface area contributed by atoms with Crippen molar-refractivity contribution < 1.29 is 0 Å². The molecule has 0 heterocycles. The zero-order valence-corrected chi connectivity index (χ0v) is 18.2. The summed E-state index contributed by atoms with van der Waals surface area (Å²) in [6.07, 6.45) is 0. The Kier molecular flexibility index (Phi) is 4.19. The highest BCUT2D eigenvalue weighted by Crippen LogP contribution is 2.51. The van der Waals surface area contributed by atoms with Crippen molar-refractivity contribution >= 4 is 11.4 Å². The molecule has 0 amide bonds. The molecule has 0 aromatic heterocycles. The summed E-state index contributed by atoms with van der Waals surface area (Å²) >= 11 is 0. The molecular formula is C27H31N. The van der Waals surface area contributed by atoms with Gasteiger partial charge in [-0.3, -0.25) is 0 Å². The van der Waals surface area contributed by atoms with E-state index in [2.05, 4.69) is 114 Å². The molecule has 3 aromatic carbocycles. The molecule has 0 spiro atoms. The second-order valence-electron chi connectivity index (χ2n) is 9.65. The van der Waals surface area contributed by atoms with E-state index < -0.39 is 0 Å². The lowest BCUT2D eigenvalue weighted by Gasteiger charge is -2.40. The average molecular weight is 370 g/mol. The summed E-state index contributed by atoms with van der Waals surface area (Å²) in [5, 5.41) is 0. The van der Waals surface area contributed by atoms with Crippen LogP contribution in [0.5, 0.6) is 0 Å². The van der Waals surface area contributed by atoms with Gasteiger partial charge in [0.15, 0.2) is 0 Å². The average Bonchev–Trinajstić information content (AvgIpc) is 2.84. The minimum Gasteiger partial charge on any atom is -0.336 e. The summed E-state index contributed by atoms with van der Waals surface area (Å²) in [6.45, 7) is 16.1. The highest BCUT2D eigenvalue weighted by Gasteiger charge is 2.37. The van der Waals surface area contributed by atoms with Gasteiger partial charge in [0, 0.05) is 22.3 Å². The molecule has 0 atom stereocenters. The fourth-order valence-electron chi connectivity index (χ4n) is 4.75. The van der Waals surface area contributed by atoms with Crippen LogP contribution in [-0.2, 0) is 5.41 Å². The third kappa shape index (κ3) is 2.76. The van der Waals surface area contributed by atoms with Crippen LogP contribution >= 0.6 is 0 Å². The van der Waals surface area contributed by atoms with Gasteiger partial charge in [-0.2, -0.15) is 0 Å². The summed E-state index contributed by atoms with van der Waals surface area (Å²) in [7, 11) is 0. The predicted octanol–water partition coefficient (Wildman–Crippen LogP) is 7.55. The van der Waals surface area contributed by atoms with Gasteiger partial charge in [-0.25, -0.2) is 0 Å². The number of anilines is 2. The van der Waals surface area contributed by atoms with Gasteiger partial charge in [0.1, 0.15) is 0 Å². The molecule has 0 N–H and O–H groups in total. The molecule has 0 unspecified atom stereocenters. The van der Waals surface area contributed by atoms with E-state index in [9.17, 15) is 0 Å². The number of fused-ring (bicyclic) bond motifs is 3. The lowest BCUT2D eigenvalue weighted by atomic mass is 9.82. The first-order chi connectivity index (χ1) is 13.1. The molecular weight excluding hydrogens is 338 g/mol. The molecule has 0 saturated heterocycles. The van der Waals surface area contributed by atoms with Gasteiger partial charge >= 0.3 is 0 Å². The third-order valence-corrected chi connectivity index (χ3v) is 6.17. The third-order valence-electron chi connectivity index (χ3n) is 6.17. The van der Waals surface area contributed by atoms with Crippen molar-refractivity contribution in [2.45, 2.75) is 59.4 Å². The number of aryl methyl sites for hydroxylation is 2. The summed E-state index contributed by atoms with van der Waals surface area (Å²) in [6, 6.07) is 22.4. The number of rotatable bonds is 2. The van der Waals surface area contributed by atoms with E-state index in [1.807, 2.05) is 0 Å². The van der Waals surface area contributed by atoms with Crippen LogP contribution in [0.15, 0.2) is 60.7 Å². The molecule has 4 rings (SSSR count). The van der Waals surface area contributed by atoms with Gasteiger partial charge in [-0.15, -0.1) is 0 Å². The van der Waals surface area contributed by atoms with Gasteiger partial charge in [-0.1, -0.05) is 56.3 Å². The Morgan fingerprint density at radius 2 is 1.32 bits per heavy atom. The molecule has 144 valence electrons. The standard InChI is InChI=1S/C27H31N/c1-18-12-8-11-15-24(18)28(26(3,4)5)25-17-23-21(16-19(25)2)20-13-9-10-14-22(20)27(23,6)7/h8-17H,1-7H3. The van der Waals surface area contributed by atoms with Crippen molar-refractivity contribution in [3.05, 3.63) is 82.9 Å². The summed E-state index contributed by atoms with van der Waals surface area (Å²) in [4.78, 5) is 2.51. The van der Waals surface area contributed by atoms with Crippen molar-refractivity contribution in [2.24, 2.45) is 0 Å². The Morgan fingerprint density at radius 3 is 2.00 bits per heavy atom. The van der Waals surface area contributed by atoms with E-state index in [0.29, 0.717) is 0 Å². The molecule has 3 aromatic rings. The highest BCUT2D eigenvalue weighted by molar-refractivity contribution is 5.85. The maximum Gasteiger partial charge on any atom is 0.0449 e. The van der Waals surface area contributed by atoms with E-state index in [4.69, 9.17) is 0 Å². The van der Waals surface area contributed by atoms with Gasteiger partial charge in [-0.05, 0) is 86.2 Å². The van der Waals surface area contributed by atoms with Crippen molar-refractivity contribution in [3.63, 3.8) is 0 Å². The molecule has 1 nitrogen and oxygen atoms in total. The first-order valence-electron chi connectivity index (χ1n) is 10.2. The lowest BCUT2D eigenvalue weighted by molar-refractivity contribution is 0.557. The Morgan fingerprint density at radius 1 is 0.679 bits per heavy atom. The first-order valence-corrected chi connectivity index (χ1v) is 10.2. The molecule has 0 saturated carbocycles. The van der Waals surface area contributed by atoms with Crippen molar-refractivity contribution in [2.75, 3.05) is 4.90 Å². The number of benzene rings is 3. The van der Waals surface area contributed by atoms with Crippen LogP contribution in [0.1, 0.15) is 56.9 Å². The Labute approximate surface area is 170 Å². The Balaban J connectivity index is 1.97. The molecule has 0 aliphatic heterocycles. The number of para-hydroxylation sites is 1. The van der Waals surface area contributed by atoms with E-state index in [-0.39, 0.29) is 11.0 Å². The van der Waals surface area contributed by atoms with Crippen molar-refractivity contribution in [3.8, 4) is 11.1 Å². The second-order valence-corrected chi connectivity index (χ2v) is 9.65. The minimum absolute atomic E-state index is 0.0175. The molecule has 0 fully saturated rings. The quantitative estimate of drug-likeness (QED) is 0.451. The Bertz CT molecular complexity index is 1050. The van der Waals surface area contributed by atoms with Crippen LogP contribution < -0.4 is 4.90 Å². The van der Waals surface area contributed by atoms with Crippen LogP contribution in [0.2, 0.25) is 0 Å². The van der Waals surface area contributed by atoms with E-state index in [1.54, 1.807) is 0 Å². The monoisotopic (exact) mass is 369 g/mol. The van der Waals surface area contributed by atoms with Gasteiger partial charge in [0.2, 0.25) is 0 Å². The first kappa shape index (κ1) is 18.8. The fourth-order valence-corrected chi connectivity index (χ4v) is 4.75. The van der Waals surface area contributed by atoms with Crippen LogP contribution in [0.25, 0.3) is 11.1 Å². The lowest BCUT2D eigenvalue weighted by Crippen LogP contribution is -2.38. The largest absolute Gasteiger partial charge is 0.336 e. The van der Waals surface area contributed by atoms with Crippen molar-refractivity contribution in [1.82, 2.24) is 0 Å². The summed E-state index contributed by atoms with van der Waals surface area (Å²) in [5.41, 5.74) is 10.8. The topological polar surface area (TPSA) is 3.24 Å². The maximum absolute atomic E-state index is 2.51. The molecule has 28 heavy (non-hydrogen) atoms. The summed E-state index contributed by atoms with van der Waals surface area (Å²) < 4.78 is 0. The molecule has 1 aliphatic carbocycles. The number of nitrogens with zero attached hydrogens (tertiary/aromatic N) is 1. The SMILES string of the molecule is Cc1ccccc1N(c1cc2c(cc1C)-c1ccccc1C2(C)C)C(C)(C)C. The van der Waals surface area contributed by atoms with Crippen LogP contribution in [0.3, 0.4) is 0 Å². The number of hydrogen-bond acceptors (Lipinski definition) is 1. The van der Waals surface area contributed by atoms with E-state index >= 15 is 0 Å². The predicted molar refractivity (Wildman–Crippen MR) is 122 cm³/mol. The van der Waals surface area contributed by atoms with Crippen LogP contribution in [0.4, 0.5) is 11.4 Å². The zero-order chi connectivity index (χ0) is 20.3.